The van der Waals surface area contributed by atoms with Gasteiger partial charge in [0.15, 0.2) is 0 Å². The molecule has 0 spiro atoms. The summed E-state index contributed by atoms with van der Waals surface area (Å²) in [5, 5.41) is 3.32. The van der Waals surface area contributed by atoms with E-state index in [1.54, 1.807) is 6.07 Å². The maximum absolute atomic E-state index is 13.4. The number of anilines is 2. The Labute approximate surface area is 110 Å². The molecule has 2 nitrogen and oxygen atoms in total. The monoisotopic (exact) mass is 336 g/mol. The van der Waals surface area contributed by atoms with Gasteiger partial charge in [-0.05, 0) is 48.4 Å². The van der Waals surface area contributed by atoms with E-state index in [-0.39, 0.29) is 11.4 Å². The van der Waals surface area contributed by atoms with E-state index in [0.29, 0.717) is 14.9 Å². The Balaban J connectivity index is 3.01. The van der Waals surface area contributed by atoms with Crippen molar-refractivity contribution in [2.24, 2.45) is 0 Å². The molecule has 0 aliphatic heterocycles. The molecule has 90 valence electrons. The molecule has 0 amide bonds. The number of nitrogens with one attached hydrogen (secondary N) is 1. The van der Waals surface area contributed by atoms with Crippen molar-refractivity contribution in [1.82, 2.24) is 0 Å². The average Bonchev–Trinajstić information content (AvgIpc) is 2.25. The molecule has 0 fully saturated rings. The van der Waals surface area contributed by atoms with Crippen molar-refractivity contribution in [2.75, 3.05) is 11.1 Å². The Bertz CT molecular complexity index is 376. The first-order chi connectivity index (χ1) is 7.41. The predicted octanol–water partition coefficient (Wildman–Crippen LogP) is 4.00. The number of rotatable bonds is 4. The minimum atomic E-state index is -0.230. The van der Waals surface area contributed by atoms with Crippen LogP contribution in [0.25, 0.3) is 0 Å². The lowest BCUT2D eigenvalue weighted by Crippen LogP contribution is -2.33. The van der Waals surface area contributed by atoms with Gasteiger partial charge in [-0.1, -0.05) is 13.8 Å². The Kier molecular flexibility index (Phi) is 4.41. The van der Waals surface area contributed by atoms with E-state index >= 15 is 0 Å². The quantitative estimate of drug-likeness (QED) is 0.644. The zero-order valence-electron chi connectivity index (χ0n) is 9.90. The van der Waals surface area contributed by atoms with Crippen LogP contribution in [0.5, 0.6) is 0 Å². The van der Waals surface area contributed by atoms with Crippen LogP contribution in [0, 0.1) is 9.39 Å². The second-order valence-electron chi connectivity index (χ2n) is 4.25. The van der Waals surface area contributed by atoms with Gasteiger partial charge in [0.05, 0.1) is 14.9 Å². The van der Waals surface area contributed by atoms with Gasteiger partial charge in [-0.15, -0.1) is 0 Å². The lowest BCUT2D eigenvalue weighted by molar-refractivity contribution is 0.478. The molecule has 3 N–H and O–H groups in total. The van der Waals surface area contributed by atoms with Crippen molar-refractivity contribution in [2.45, 2.75) is 39.2 Å². The third-order valence-electron chi connectivity index (χ3n) is 3.09. The van der Waals surface area contributed by atoms with Gasteiger partial charge in [-0.3, -0.25) is 0 Å². The molecule has 0 bridgehead atoms. The molecule has 1 rings (SSSR count). The Morgan fingerprint density at radius 2 is 1.94 bits per heavy atom. The van der Waals surface area contributed by atoms with Crippen molar-refractivity contribution in [3.05, 3.63) is 21.5 Å². The molecule has 0 aromatic heterocycles. The first-order valence-electron chi connectivity index (χ1n) is 5.44. The Morgan fingerprint density at radius 3 is 2.44 bits per heavy atom. The highest BCUT2D eigenvalue weighted by Gasteiger charge is 2.20. The summed E-state index contributed by atoms with van der Waals surface area (Å²) >= 11 is 1.94. The molecule has 0 saturated heterocycles. The highest BCUT2D eigenvalue weighted by molar-refractivity contribution is 14.1. The fourth-order valence-electron chi connectivity index (χ4n) is 1.42. The molecule has 0 atom stereocenters. The van der Waals surface area contributed by atoms with Crippen LogP contribution in [0.15, 0.2) is 12.1 Å². The van der Waals surface area contributed by atoms with Gasteiger partial charge in [0, 0.05) is 11.6 Å². The fourth-order valence-corrected chi connectivity index (χ4v) is 1.91. The third-order valence-corrected chi connectivity index (χ3v) is 3.92. The van der Waals surface area contributed by atoms with Gasteiger partial charge in [0.1, 0.15) is 5.82 Å². The number of hydrogen-bond acceptors (Lipinski definition) is 2. The molecule has 0 aliphatic carbocycles. The predicted molar refractivity (Wildman–Crippen MR) is 76.1 cm³/mol. The van der Waals surface area contributed by atoms with E-state index in [4.69, 9.17) is 5.73 Å². The molecule has 0 aliphatic rings. The van der Waals surface area contributed by atoms with Crippen LogP contribution in [0.4, 0.5) is 15.8 Å². The van der Waals surface area contributed by atoms with Gasteiger partial charge < -0.3 is 11.1 Å². The number of benzene rings is 1. The average molecular weight is 336 g/mol. The zero-order chi connectivity index (χ0) is 12.3. The van der Waals surface area contributed by atoms with E-state index in [9.17, 15) is 4.39 Å². The topological polar surface area (TPSA) is 38.0 Å². The summed E-state index contributed by atoms with van der Waals surface area (Å²) in [6.45, 7) is 6.33. The number of nitrogens with two attached hydrogens (primary N) is 1. The summed E-state index contributed by atoms with van der Waals surface area (Å²) in [4.78, 5) is 0. The fraction of sp³-hybridized carbons (Fsp3) is 0.500. The van der Waals surface area contributed by atoms with Crippen LogP contribution in [-0.2, 0) is 0 Å². The molecule has 0 unspecified atom stereocenters. The molecule has 1 aromatic rings. The van der Waals surface area contributed by atoms with Crippen molar-refractivity contribution >= 4 is 34.0 Å². The lowest BCUT2D eigenvalue weighted by atomic mass is 9.95. The summed E-state index contributed by atoms with van der Waals surface area (Å²) < 4.78 is 14.0. The number of hydrogen-bond donors (Lipinski definition) is 2. The van der Waals surface area contributed by atoms with E-state index < -0.39 is 0 Å². The number of nitrogen functional groups attached to an aromatic ring is 1. The Morgan fingerprint density at radius 1 is 1.38 bits per heavy atom. The molecule has 1 aromatic carbocycles. The van der Waals surface area contributed by atoms with Crippen LogP contribution in [-0.4, -0.2) is 5.54 Å². The van der Waals surface area contributed by atoms with Gasteiger partial charge >= 0.3 is 0 Å². The maximum Gasteiger partial charge on any atom is 0.138 e. The number of halogens is 2. The normalized spacial score (nSPS) is 11.6. The summed E-state index contributed by atoms with van der Waals surface area (Å²) in [7, 11) is 0. The lowest BCUT2D eigenvalue weighted by Gasteiger charge is -2.30. The van der Waals surface area contributed by atoms with E-state index in [2.05, 4.69) is 26.1 Å². The van der Waals surface area contributed by atoms with Gasteiger partial charge in [-0.25, -0.2) is 4.39 Å². The first kappa shape index (κ1) is 13.5. The molecule has 16 heavy (non-hydrogen) atoms. The second-order valence-corrected chi connectivity index (χ2v) is 5.41. The van der Waals surface area contributed by atoms with Gasteiger partial charge in [0.25, 0.3) is 0 Å². The molecule has 0 heterocycles. The highest BCUT2D eigenvalue weighted by Crippen LogP contribution is 2.29. The molecule has 4 heteroatoms. The maximum atomic E-state index is 13.4. The summed E-state index contributed by atoms with van der Waals surface area (Å²) in [6.07, 6.45) is 1.94. The largest absolute Gasteiger partial charge is 0.397 e. The van der Waals surface area contributed by atoms with E-state index in [1.807, 2.05) is 22.6 Å². The van der Waals surface area contributed by atoms with Crippen molar-refractivity contribution in [3.8, 4) is 0 Å². The second kappa shape index (κ2) is 5.21. The van der Waals surface area contributed by atoms with Crippen molar-refractivity contribution in [1.29, 1.82) is 0 Å². The van der Waals surface area contributed by atoms with Gasteiger partial charge in [0.2, 0.25) is 0 Å². The van der Waals surface area contributed by atoms with Crippen molar-refractivity contribution in [3.63, 3.8) is 0 Å². The van der Waals surface area contributed by atoms with Crippen LogP contribution >= 0.6 is 22.6 Å². The smallest absolute Gasteiger partial charge is 0.138 e. The standard InChI is InChI=1S/C12H18FIN2/c1-4-12(3,5-2)16-11-6-8(13)9(14)7-10(11)15/h6-7,16H,4-5,15H2,1-3H3. The SMILES string of the molecule is CCC(C)(CC)Nc1cc(F)c(I)cc1N. The van der Waals surface area contributed by atoms with E-state index in [0.717, 1.165) is 12.8 Å². The van der Waals surface area contributed by atoms with Crippen LogP contribution in [0.3, 0.4) is 0 Å². The van der Waals surface area contributed by atoms with Crippen LogP contribution < -0.4 is 11.1 Å². The first-order valence-corrected chi connectivity index (χ1v) is 6.52. The third kappa shape index (κ3) is 2.99. The minimum Gasteiger partial charge on any atom is -0.397 e. The molecule has 0 saturated carbocycles. The summed E-state index contributed by atoms with van der Waals surface area (Å²) in [6, 6.07) is 3.13. The zero-order valence-corrected chi connectivity index (χ0v) is 12.1. The van der Waals surface area contributed by atoms with E-state index in [1.165, 1.54) is 6.07 Å². The molecular weight excluding hydrogens is 318 g/mol. The van der Waals surface area contributed by atoms with Crippen LogP contribution in [0.2, 0.25) is 0 Å². The van der Waals surface area contributed by atoms with Gasteiger partial charge in [-0.2, -0.15) is 0 Å². The van der Waals surface area contributed by atoms with Crippen molar-refractivity contribution < 1.29 is 4.39 Å². The molecule has 0 radical (unpaired) electrons. The Hall–Kier alpha value is -0.520. The minimum absolute atomic E-state index is 0.0344. The van der Waals surface area contributed by atoms with Crippen LogP contribution in [0.1, 0.15) is 33.6 Å². The molecular formula is C12H18FIN2. The summed E-state index contributed by atoms with van der Waals surface area (Å²) in [5.74, 6) is -0.230. The summed E-state index contributed by atoms with van der Waals surface area (Å²) in [5.41, 5.74) is 7.12. The highest BCUT2D eigenvalue weighted by atomic mass is 127.